The molecule has 0 saturated carbocycles. The van der Waals surface area contributed by atoms with Gasteiger partial charge in [0.05, 0.1) is 11.3 Å². The zero-order valence-electron chi connectivity index (χ0n) is 9.86. The normalized spacial score (nSPS) is 11.1. The first-order valence-corrected chi connectivity index (χ1v) is 5.09. The van der Waals surface area contributed by atoms with Gasteiger partial charge in [-0.25, -0.2) is 9.79 Å². The Hall–Kier alpha value is -2.77. The fourth-order valence-corrected chi connectivity index (χ4v) is 1.33. The van der Waals surface area contributed by atoms with Gasteiger partial charge < -0.3 is 10.2 Å². The quantitative estimate of drug-likeness (QED) is 0.472. The van der Waals surface area contributed by atoms with Crippen LogP contribution in [0.25, 0.3) is 0 Å². The van der Waals surface area contributed by atoms with Crippen molar-refractivity contribution in [3.05, 3.63) is 33.9 Å². The molecule has 0 heterocycles. The van der Waals surface area contributed by atoms with Gasteiger partial charge in [0.25, 0.3) is 5.69 Å². The molecule has 0 radical (unpaired) electrons. The summed E-state index contributed by atoms with van der Waals surface area (Å²) in [7, 11) is 0. The maximum absolute atomic E-state index is 10.8. The zero-order chi connectivity index (χ0) is 14.6. The smallest absolute Gasteiger partial charge is 0.350 e. The van der Waals surface area contributed by atoms with Crippen LogP contribution in [0.2, 0.25) is 0 Å². The van der Waals surface area contributed by atoms with E-state index in [0.717, 1.165) is 0 Å². The number of rotatable bonds is 5. The molecule has 1 aromatic rings. The maximum atomic E-state index is 10.8. The second kappa shape index (κ2) is 5.71. The minimum Gasteiger partial charge on any atom is -0.481 e. The fourth-order valence-electron chi connectivity index (χ4n) is 1.33. The van der Waals surface area contributed by atoms with Crippen LogP contribution in [-0.2, 0) is 9.59 Å². The number of benzene rings is 1. The lowest BCUT2D eigenvalue weighted by Crippen LogP contribution is -2.17. The summed E-state index contributed by atoms with van der Waals surface area (Å²) in [5.74, 6) is -2.91. The summed E-state index contributed by atoms with van der Waals surface area (Å²) in [6, 6.07) is 3.99. The van der Waals surface area contributed by atoms with Crippen LogP contribution in [0.15, 0.2) is 23.2 Å². The lowest BCUT2D eigenvalue weighted by molar-refractivity contribution is -0.384. The van der Waals surface area contributed by atoms with E-state index in [1.165, 1.54) is 18.2 Å². The van der Waals surface area contributed by atoms with E-state index in [9.17, 15) is 19.7 Å². The molecule has 0 aliphatic carbocycles. The van der Waals surface area contributed by atoms with Crippen LogP contribution < -0.4 is 0 Å². The Morgan fingerprint density at radius 3 is 2.47 bits per heavy atom. The van der Waals surface area contributed by atoms with Crippen molar-refractivity contribution >= 4 is 29.0 Å². The van der Waals surface area contributed by atoms with Crippen molar-refractivity contribution < 1.29 is 24.7 Å². The Balaban J connectivity index is 3.34. The van der Waals surface area contributed by atoms with E-state index < -0.39 is 29.0 Å². The van der Waals surface area contributed by atoms with E-state index in [-0.39, 0.29) is 11.4 Å². The molecule has 1 aromatic carbocycles. The number of hydrogen-bond donors (Lipinski definition) is 2. The van der Waals surface area contributed by atoms with Gasteiger partial charge in [-0.05, 0) is 18.6 Å². The molecule has 1 rings (SSSR count). The Morgan fingerprint density at radius 1 is 1.37 bits per heavy atom. The molecule has 0 saturated heterocycles. The monoisotopic (exact) mass is 266 g/mol. The maximum Gasteiger partial charge on any atom is 0.350 e. The first kappa shape index (κ1) is 14.3. The number of aliphatic carboxylic acids is 2. The van der Waals surface area contributed by atoms with E-state index >= 15 is 0 Å². The number of aliphatic imine (C=N–C) groups is 1. The number of hydrogen-bond acceptors (Lipinski definition) is 5. The highest BCUT2D eigenvalue weighted by Gasteiger charge is 2.18. The molecule has 0 spiro atoms. The number of carboxylic acids is 2. The molecule has 2 N–H and O–H groups in total. The average molecular weight is 266 g/mol. The van der Waals surface area contributed by atoms with Crippen molar-refractivity contribution in [1.29, 1.82) is 0 Å². The van der Waals surface area contributed by atoms with Crippen molar-refractivity contribution in [2.75, 3.05) is 0 Å². The molecule has 0 aliphatic rings. The summed E-state index contributed by atoms with van der Waals surface area (Å²) in [5.41, 5.74) is -0.580. The van der Waals surface area contributed by atoms with E-state index in [1.54, 1.807) is 6.92 Å². The van der Waals surface area contributed by atoms with Gasteiger partial charge in [-0.3, -0.25) is 14.9 Å². The van der Waals surface area contributed by atoms with Gasteiger partial charge in [0, 0.05) is 6.07 Å². The second-order valence-electron chi connectivity index (χ2n) is 3.68. The summed E-state index contributed by atoms with van der Waals surface area (Å²) in [5, 5.41) is 28.2. The lowest BCUT2D eigenvalue weighted by atomic mass is 10.2. The van der Waals surface area contributed by atoms with Crippen LogP contribution in [-0.4, -0.2) is 32.8 Å². The Labute approximate surface area is 107 Å². The molecule has 100 valence electrons. The van der Waals surface area contributed by atoms with Crippen molar-refractivity contribution in [1.82, 2.24) is 0 Å². The van der Waals surface area contributed by atoms with Crippen molar-refractivity contribution in [3.8, 4) is 0 Å². The van der Waals surface area contributed by atoms with Crippen molar-refractivity contribution in [2.45, 2.75) is 13.3 Å². The Kier molecular flexibility index (Phi) is 4.30. The highest BCUT2D eigenvalue weighted by Crippen LogP contribution is 2.28. The lowest BCUT2D eigenvalue weighted by Gasteiger charge is -2.01. The van der Waals surface area contributed by atoms with Gasteiger partial charge in [0.15, 0.2) is 0 Å². The topological polar surface area (TPSA) is 130 Å². The van der Waals surface area contributed by atoms with Crippen LogP contribution >= 0.6 is 0 Å². The van der Waals surface area contributed by atoms with Gasteiger partial charge in [-0.15, -0.1) is 0 Å². The summed E-state index contributed by atoms with van der Waals surface area (Å²) in [6.45, 7) is 1.65. The highest BCUT2D eigenvalue weighted by molar-refractivity contribution is 6.39. The van der Waals surface area contributed by atoms with Crippen LogP contribution in [0.5, 0.6) is 0 Å². The molecule has 0 amide bonds. The van der Waals surface area contributed by atoms with Crippen LogP contribution in [0.3, 0.4) is 0 Å². The van der Waals surface area contributed by atoms with E-state index in [4.69, 9.17) is 10.2 Å². The average Bonchev–Trinajstić information content (AvgIpc) is 2.26. The minimum atomic E-state index is -1.53. The molecule has 0 fully saturated rings. The fraction of sp³-hybridized carbons (Fsp3) is 0.182. The van der Waals surface area contributed by atoms with Gasteiger partial charge >= 0.3 is 11.9 Å². The van der Waals surface area contributed by atoms with Crippen molar-refractivity contribution in [2.24, 2.45) is 4.99 Å². The Bertz CT molecular complexity index is 579. The first-order valence-electron chi connectivity index (χ1n) is 5.09. The third-order valence-electron chi connectivity index (χ3n) is 2.15. The predicted molar refractivity (Wildman–Crippen MR) is 64.8 cm³/mol. The molecule has 8 nitrogen and oxygen atoms in total. The third-order valence-corrected chi connectivity index (χ3v) is 2.15. The van der Waals surface area contributed by atoms with E-state index in [1.807, 2.05) is 0 Å². The number of aryl methyl sites for hydroxylation is 1. The highest BCUT2D eigenvalue weighted by atomic mass is 16.6. The number of carbonyl (C=O) groups is 2. The summed E-state index contributed by atoms with van der Waals surface area (Å²) >= 11 is 0. The van der Waals surface area contributed by atoms with Crippen LogP contribution in [0.1, 0.15) is 12.0 Å². The molecule has 19 heavy (non-hydrogen) atoms. The number of carboxylic acid groups (broad SMARTS) is 2. The number of nitrogens with zero attached hydrogens (tertiary/aromatic N) is 2. The standard InChI is InChI=1S/C11H10N2O6/c1-6-2-3-9(13(18)19)7(4-6)12-8(11(16)17)5-10(14)15/h2-4H,5H2,1H3,(H,14,15)(H,16,17). The SMILES string of the molecule is Cc1ccc([N+](=O)[O-])c(N=C(CC(=O)O)C(=O)O)c1. The number of nitro benzene ring substituents is 1. The van der Waals surface area contributed by atoms with Gasteiger partial charge in [0.2, 0.25) is 0 Å². The second-order valence-corrected chi connectivity index (χ2v) is 3.68. The first-order chi connectivity index (χ1) is 8.81. The largest absolute Gasteiger partial charge is 0.481 e. The molecule has 8 heteroatoms. The predicted octanol–water partition coefficient (Wildman–Crippen LogP) is 1.54. The molecular weight excluding hydrogens is 256 g/mol. The molecule has 0 bridgehead atoms. The Morgan fingerprint density at radius 2 is 2.00 bits per heavy atom. The minimum absolute atomic E-state index is 0.177. The van der Waals surface area contributed by atoms with Gasteiger partial charge in [0.1, 0.15) is 11.4 Å². The zero-order valence-corrected chi connectivity index (χ0v) is 9.86. The molecule has 0 atom stereocenters. The van der Waals surface area contributed by atoms with Crippen LogP contribution in [0, 0.1) is 17.0 Å². The van der Waals surface area contributed by atoms with Crippen molar-refractivity contribution in [3.63, 3.8) is 0 Å². The summed E-state index contributed by atoms with van der Waals surface area (Å²) in [6.07, 6.45) is -0.819. The molecule has 0 aromatic heterocycles. The summed E-state index contributed by atoms with van der Waals surface area (Å²) < 4.78 is 0. The van der Waals surface area contributed by atoms with E-state index in [2.05, 4.69) is 4.99 Å². The third kappa shape index (κ3) is 3.87. The van der Waals surface area contributed by atoms with Gasteiger partial charge in [-0.2, -0.15) is 0 Å². The summed E-state index contributed by atoms with van der Waals surface area (Å²) in [4.78, 5) is 35.0. The molecule has 0 unspecified atom stereocenters. The van der Waals surface area contributed by atoms with Gasteiger partial charge in [-0.1, -0.05) is 6.07 Å². The van der Waals surface area contributed by atoms with Crippen LogP contribution in [0.4, 0.5) is 11.4 Å². The molecule has 0 aliphatic heterocycles. The van der Waals surface area contributed by atoms with E-state index in [0.29, 0.717) is 5.56 Å². The molecular formula is C11H10N2O6. The number of nitro groups is 1.